The lowest BCUT2D eigenvalue weighted by atomic mass is 10.3. The molecule has 0 saturated heterocycles. The van der Waals surface area contributed by atoms with Crippen LogP contribution in [-0.4, -0.2) is 29.3 Å². The molecule has 0 aliphatic rings. The number of rotatable bonds is 2. The van der Waals surface area contributed by atoms with Gasteiger partial charge in [0.1, 0.15) is 5.82 Å². The van der Waals surface area contributed by atoms with Gasteiger partial charge in [0.25, 0.3) is 0 Å². The van der Waals surface area contributed by atoms with Crippen LogP contribution >= 0.6 is 0 Å². The molecular formula is C12H15N3O. The first-order valence-corrected chi connectivity index (χ1v) is 5.18. The minimum Gasteiger partial charge on any atom is -0.364 e. The summed E-state index contributed by atoms with van der Waals surface area (Å²) in [6.07, 6.45) is 0. The Morgan fingerprint density at radius 3 is 2.62 bits per heavy atom. The highest BCUT2D eigenvalue weighted by Gasteiger charge is 2.14. The van der Waals surface area contributed by atoms with E-state index in [1.165, 1.54) is 0 Å². The predicted molar refractivity (Wildman–Crippen MR) is 64.3 cm³/mol. The summed E-state index contributed by atoms with van der Waals surface area (Å²) in [4.78, 5) is 17.8. The Morgan fingerprint density at radius 1 is 1.38 bits per heavy atom. The molecule has 0 fully saturated rings. The number of fused-ring (bicyclic) bond motifs is 1. The molecule has 0 aliphatic carbocycles. The van der Waals surface area contributed by atoms with Gasteiger partial charge in [-0.1, -0.05) is 6.07 Å². The third-order valence-electron chi connectivity index (χ3n) is 2.60. The number of aryl methyl sites for hydroxylation is 1. The van der Waals surface area contributed by atoms with Gasteiger partial charge in [-0.25, -0.2) is 4.98 Å². The molecule has 0 amide bonds. The van der Waals surface area contributed by atoms with E-state index in [1.54, 1.807) is 6.92 Å². The molecule has 2 aromatic heterocycles. The van der Waals surface area contributed by atoms with Crippen LogP contribution in [0.1, 0.15) is 23.2 Å². The molecule has 84 valence electrons. The number of hydrogen-bond acceptors (Lipinski definition) is 3. The maximum absolute atomic E-state index is 11.5. The summed E-state index contributed by atoms with van der Waals surface area (Å²) in [5.41, 5.74) is 1.87. The summed E-state index contributed by atoms with van der Waals surface area (Å²) in [7, 11) is 3.90. The molecular weight excluding hydrogens is 202 g/mol. The van der Waals surface area contributed by atoms with Crippen LogP contribution in [0.25, 0.3) is 5.52 Å². The van der Waals surface area contributed by atoms with Crippen LogP contribution in [-0.2, 0) is 0 Å². The summed E-state index contributed by atoms with van der Waals surface area (Å²) < 4.78 is 1.90. The molecule has 0 saturated carbocycles. The van der Waals surface area contributed by atoms with E-state index in [4.69, 9.17) is 0 Å². The van der Waals surface area contributed by atoms with Gasteiger partial charge in [0, 0.05) is 21.0 Å². The zero-order valence-electron chi connectivity index (χ0n) is 9.98. The average molecular weight is 217 g/mol. The van der Waals surface area contributed by atoms with Crippen LogP contribution in [0.5, 0.6) is 0 Å². The lowest BCUT2D eigenvalue weighted by Crippen LogP contribution is -2.15. The number of nitrogens with zero attached hydrogens (tertiary/aromatic N) is 3. The van der Waals surface area contributed by atoms with E-state index in [0.717, 1.165) is 17.0 Å². The van der Waals surface area contributed by atoms with Crippen molar-refractivity contribution in [1.29, 1.82) is 0 Å². The molecule has 2 rings (SSSR count). The minimum absolute atomic E-state index is 0.0163. The topological polar surface area (TPSA) is 37.6 Å². The highest BCUT2D eigenvalue weighted by Crippen LogP contribution is 2.20. The van der Waals surface area contributed by atoms with Crippen LogP contribution in [0.3, 0.4) is 0 Å². The van der Waals surface area contributed by atoms with Crippen molar-refractivity contribution in [3.63, 3.8) is 0 Å². The molecule has 0 aliphatic heterocycles. The first-order valence-electron chi connectivity index (χ1n) is 5.18. The maximum Gasteiger partial charge on any atom is 0.195 e. The third kappa shape index (κ3) is 1.46. The molecule has 0 unspecified atom stereocenters. The number of Topliss-reactive ketones (excluding diaryl/α,β-unsaturated/α-hetero) is 1. The number of carbonyl (C=O) groups excluding carboxylic acids is 1. The fraction of sp³-hybridized carbons (Fsp3) is 0.333. The van der Waals surface area contributed by atoms with Gasteiger partial charge in [0.05, 0.1) is 11.2 Å². The molecule has 4 heteroatoms. The van der Waals surface area contributed by atoms with Crippen molar-refractivity contribution in [1.82, 2.24) is 9.38 Å². The highest BCUT2D eigenvalue weighted by molar-refractivity contribution is 5.92. The molecule has 0 aromatic carbocycles. The van der Waals surface area contributed by atoms with Crippen LogP contribution in [0, 0.1) is 6.92 Å². The van der Waals surface area contributed by atoms with Gasteiger partial charge >= 0.3 is 0 Å². The number of aromatic nitrogens is 2. The van der Waals surface area contributed by atoms with Gasteiger partial charge in [-0.05, 0) is 19.1 Å². The SMILES string of the molecule is CC(=O)c1nc(C)c2cccc(N(C)C)n12. The highest BCUT2D eigenvalue weighted by atomic mass is 16.1. The second kappa shape index (κ2) is 3.63. The number of anilines is 1. The zero-order chi connectivity index (χ0) is 11.9. The van der Waals surface area contributed by atoms with Gasteiger partial charge in [0.2, 0.25) is 0 Å². The van der Waals surface area contributed by atoms with Crippen LogP contribution in [0.2, 0.25) is 0 Å². The van der Waals surface area contributed by atoms with Gasteiger partial charge < -0.3 is 4.90 Å². The Labute approximate surface area is 94.5 Å². The molecule has 0 bridgehead atoms. The predicted octanol–water partition coefficient (Wildman–Crippen LogP) is 1.91. The summed E-state index contributed by atoms with van der Waals surface area (Å²) in [6.45, 7) is 3.46. The van der Waals surface area contributed by atoms with Crippen molar-refractivity contribution in [2.75, 3.05) is 19.0 Å². The number of imidazole rings is 1. The quantitative estimate of drug-likeness (QED) is 0.721. The smallest absolute Gasteiger partial charge is 0.195 e. The van der Waals surface area contributed by atoms with Crippen LogP contribution < -0.4 is 4.90 Å². The third-order valence-corrected chi connectivity index (χ3v) is 2.60. The molecule has 0 N–H and O–H groups in total. The van der Waals surface area contributed by atoms with Crippen LogP contribution in [0.15, 0.2) is 18.2 Å². The van der Waals surface area contributed by atoms with E-state index in [1.807, 2.05) is 48.5 Å². The first-order chi connectivity index (χ1) is 7.52. The Morgan fingerprint density at radius 2 is 2.06 bits per heavy atom. The maximum atomic E-state index is 11.5. The number of pyridine rings is 1. The molecule has 0 atom stereocenters. The van der Waals surface area contributed by atoms with Crippen LogP contribution in [0.4, 0.5) is 5.82 Å². The molecule has 2 heterocycles. The second-order valence-electron chi connectivity index (χ2n) is 4.08. The number of ketones is 1. The van der Waals surface area contributed by atoms with Gasteiger partial charge in [0.15, 0.2) is 11.6 Å². The fourth-order valence-corrected chi connectivity index (χ4v) is 1.85. The Hall–Kier alpha value is -1.84. The molecule has 0 spiro atoms. The Kier molecular flexibility index (Phi) is 2.42. The van der Waals surface area contributed by atoms with E-state index >= 15 is 0 Å². The van der Waals surface area contributed by atoms with E-state index in [9.17, 15) is 4.79 Å². The van der Waals surface area contributed by atoms with Crippen molar-refractivity contribution in [3.05, 3.63) is 29.7 Å². The summed E-state index contributed by atoms with van der Waals surface area (Å²) >= 11 is 0. The largest absolute Gasteiger partial charge is 0.364 e. The van der Waals surface area contributed by atoms with Crippen molar-refractivity contribution in [2.45, 2.75) is 13.8 Å². The number of carbonyl (C=O) groups is 1. The van der Waals surface area contributed by atoms with E-state index < -0.39 is 0 Å². The minimum atomic E-state index is -0.0163. The van der Waals surface area contributed by atoms with Crippen molar-refractivity contribution in [3.8, 4) is 0 Å². The Bertz CT molecular complexity index is 555. The van der Waals surface area contributed by atoms with Crippen molar-refractivity contribution in [2.24, 2.45) is 0 Å². The zero-order valence-corrected chi connectivity index (χ0v) is 9.98. The standard InChI is InChI=1S/C12H15N3O/c1-8-10-6-5-7-11(14(3)4)15(10)12(13-8)9(2)16/h5-7H,1-4H3. The lowest BCUT2D eigenvalue weighted by Gasteiger charge is -2.15. The molecule has 16 heavy (non-hydrogen) atoms. The lowest BCUT2D eigenvalue weighted by molar-refractivity contribution is 0.100. The summed E-state index contributed by atoms with van der Waals surface area (Å²) in [5, 5.41) is 0. The van der Waals surface area contributed by atoms with Gasteiger partial charge in [-0.2, -0.15) is 0 Å². The van der Waals surface area contributed by atoms with E-state index in [2.05, 4.69) is 4.98 Å². The van der Waals surface area contributed by atoms with Crippen molar-refractivity contribution < 1.29 is 4.79 Å². The average Bonchev–Trinajstić information content (AvgIpc) is 2.56. The molecule has 4 nitrogen and oxygen atoms in total. The van der Waals surface area contributed by atoms with E-state index in [-0.39, 0.29) is 5.78 Å². The molecule has 0 radical (unpaired) electrons. The number of hydrogen-bond donors (Lipinski definition) is 0. The Balaban J connectivity index is 2.88. The fourth-order valence-electron chi connectivity index (χ4n) is 1.85. The summed E-state index contributed by atoms with van der Waals surface area (Å²) in [6, 6.07) is 5.92. The van der Waals surface area contributed by atoms with Gasteiger partial charge in [-0.15, -0.1) is 0 Å². The molecule has 2 aromatic rings. The normalized spacial score (nSPS) is 10.8. The second-order valence-corrected chi connectivity index (χ2v) is 4.08. The van der Waals surface area contributed by atoms with Gasteiger partial charge in [-0.3, -0.25) is 9.20 Å². The first kappa shape index (κ1) is 10.7. The summed E-state index contributed by atoms with van der Waals surface area (Å²) in [5.74, 6) is 1.44. The van der Waals surface area contributed by atoms with Crippen molar-refractivity contribution >= 4 is 17.1 Å². The van der Waals surface area contributed by atoms with E-state index in [0.29, 0.717) is 5.82 Å². The monoisotopic (exact) mass is 217 g/mol.